The van der Waals surface area contributed by atoms with Crippen molar-refractivity contribution in [3.8, 4) is 44.5 Å². The van der Waals surface area contributed by atoms with Gasteiger partial charge >= 0.3 is 0 Å². The second-order valence-corrected chi connectivity index (χ2v) is 17.9. The molecule has 0 aliphatic rings. The molecule has 0 N–H and O–H groups in total. The highest BCUT2D eigenvalue weighted by Gasteiger charge is 2.26. The van der Waals surface area contributed by atoms with Gasteiger partial charge in [0.2, 0.25) is 0 Å². The van der Waals surface area contributed by atoms with Crippen LogP contribution >= 0.6 is 0 Å². The van der Waals surface area contributed by atoms with Gasteiger partial charge in [-0.25, -0.2) is 0 Å². The minimum absolute atomic E-state index is 1.23. The van der Waals surface area contributed by atoms with E-state index in [9.17, 15) is 0 Å². The minimum Gasteiger partial charge on any atom is -0.0622 e. The van der Waals surface area contributed by atoms with Crippen LogP contribution in [0.1, 0.15) is 0 Å². The summed E-state index contributed by atoms with van der Waals surface area (Å²) in [6.45, 7) is 0. The van der Waals surface area contributed by atoms with Gasteiger partial charge in [0, 0.05) is 0 Å². The highest BCUT2D eigenvalue weighted by atomic mass is 14.3. The Bertz CT molecular complexity index is 4360. The summed E-state index contributed by atoms with van der Waals surface area (Å²) in [6.07, 6.45) is 0. The van der Waals surface area contributed by atoms with Crippen molar-refractivity contribution in [1.82, 2.24) is 0 Å². The Kier molecular flexibility index (Phi) is 6.77. The molecule has 15 aromatic rings. The lowest BCUT2D eigenvalue weighted by Gasteiger charge is -2.17. The number of rotatable bonds is 4. The average Bonchev–Trinajstić information content (AvgIpc) is 3.85. The SMILES string of the molecule is c1ccc(-c2ccc3c(c2)cc2c4c(-c5ccccc5)c5cc6c(cc5c(-c5ccccc5)c4c4cccc3c42)c2cc3cc(-c4ccccc4)cc4ccc5ccc6c2c5c43)cc1. The second kappa shape index (κ2) is 12.6. The lowest BCUT2D eigenvalue weighted by molar-refractivity contribution is 1.65. The van der Waals surface area contributed by atoms with E-state index in [-0.39, 0.29) is 0 Å². The number of fused-ring (bicyclic) bond motifs is 9. The first-order valence-electron chi connectivity index (χ1n) is 22.4. The molecule has 0 bridgehead atoms. The molecule has 292 valence electrons. The molecule has 64 heavy (non-hydrogen) atoms. The summed E-state index contributed by atoms with van der Waals surface area (Å²) < 4.78 is 0. The second-order valence-electron chi connectivity index (χ2n) is 17.9. The first kappa shape index (κ1) is 34.3. The van der Waals surface area contributed by atoms with E-state index in [1.54, 1.807) is 0 Å². The Labute approximate surface area is 368 Å². The topological polar surface area (TPSA) is 0 Å². The standard InChI is InChI=1S/C64H36/c1-5-14-37(15-6-1)42-27-28-47-45(30-42)33-56-61-48(47)22-13-23-50(61)63-58(39-18-9-3-10-19-39)55-36-52-51(35-54(55)59(64(56)63)40-20-11-4-12-21-40)49-29-26-41-24-25-43-31-44(38-16-7-2-8-17-38)32-46-34-53(52)62(49)60(41)57(43)46/h1-36H. The van der Waals surface area contributed by atoms with Crippen LogP contribution in [0.3, 0.4) is 0 Å². The van der Waals surface area contributed by atoms with Crippen LogP contribution in [0.25, 0.3) is 152 Å². The van der Waals surface area contributed by atoms with Crippen molar-refractivity contribution in [1.29, 1.82) is 0 Å². The van der Waals surface area contributed by atoms with Crippen LogP contribution in [-0.2, 0) is 0 Å². The summed E-state index contributed by atoms with van der Waals surface area (Å²) in [5.41, 5.74) is 10.0. The van der Waals surface area contributed by atoms with E-state index in [2.05, 4.69) is 218 Å². The van der Waals surface area contributed by atoms with Crippen LogP contribution in [0.5, 0.6) is 0 Å². The third-order valence-electron chi connectivity index (χ3n) is 14.6. The summed E-state index contributed by atoms with van der Waals surface area (Å²) in [7, 11) is 0. The zero-order chi connectivity index (χ0) is 41.6. The normalized spacial score (nSPS) is 12.4. The Hall–Kier alpha value is -8.32. The molecular weight excluding hydrogens is 769 g/mol. The maximum atomic E-state index is 2.56. The number of hydrogen-bond donors (Lipinski definition) is 0. The van der Waals surface area contributed by atoms with E-state index in [0.29, 0.717) is 0 Å². The van der Waals surface area contributed by atoms with Gasteiger partial charge in [-0.05, 0) is 195 Å². The summed E-state index contributed by atoms with van der Waals surface area (Å²) in [5.74, 6) is 0. The molecule has 0 aromatic heterocycles. The van der Waals surface area contributed by atoms with Gasteiger partial charge < -0.3 is 0 Å². The van der Waals surface area contributed by atoms with Crippen molar-refractivity contribution >= 4 is 108 Å². The Morgan fingerprint density at radius 3 is 1.34 bits per heavy atom. The van der Waals surface area contributed by atoms with Crippen molar-refractivity contribution < 1.29 is 0 Å². The van der Waals surface area contributed by atoms with Crippen LogP contribution in [0.4, 0.5) is 0 Å². The molecule has 0 radical (unpaired) electrons. The van der Waals surface area contributed by atoms with Gasteiger partial charge in [-0.1, -0.05) is 176 Å². The van der Waals surface area contributed by atoms with Crippen molar-refractivity contribution in [3.63, 3.8) is 0 Å². The van der Waals surface area contributed by atoms with E-state index in [1.165, 1.54) is 152 Å². The van der Waals surface area contributed by atoms with Gasteiger partial charge in [-0.15, -0.1) is 0 Å². The zero-order valence-corrected chi connectivity index (χ0v) is 34.8. The van der Waals surface area contributed by atoms with E-state index in [1.807, 2.05) is 0 Å². The van der Waals surface area contributed by atoms with Crippen molar-refractivity contribution in [2.24, 2.45) is 0 Å². The lowest BCUT2D eigenvalue weighted by Crippen LogP contribution is -1.90. The molecule has 0 heteroatoms. The Morgan fingerprint density at radius 2 is 0.656 bits per heavy atom. The molecule has 0 atom stereocenters. The summed E-state index contributed by atoms with van der Waals surface area (Å²) in [4.78, 5) is 0. The fourth-order valence-corrected chi connectivity index (χ4v) is 11.9. The van der Waals surface area contributed by atoms with Gasteiger partial charge in [0.15, 0.2) is 0 Å². The first-order chi connectivity index (χ1) is 31.7. The monoisotopic (exact) mass is 804 g/mol. The van der Waals surface area contributed by atoms with Crippen LogP contribution in [0.2, 0.25) is 0 Å². The molecule has 0 heterocycles. The predicted molar refractivity (Wildman–Crippen MR) is 277 cm³/mol. The smallest absolute Gasteiger partial charge is 0.000719 e. The molecule has 0 saturated carbocycles. The van der Waals surface area contributed by atoms with Crippen molar-refractivity contribution in [3.05, 3.63) is 218 Å². The molecule has 0 unspecified atom stereocenters. The molecule has 15 aromatic carbocycles. The number of benzene rings is 13. The molecule has 0 fully saturated rings. The van der Waals surface area contributed by atoms with E-state index in [0.717, 1.165) is 0 Å². The van der Waals surface area contributed by atoms with Gasteiger partial charge in [0.05, 0.1) is 0 Å². The molecule has 0 spiro atoms. The maximum absolute atomic E-state index is 2.56. The maximum Gasteiger partial charge on any atom is -0.000719 e. The molecule has 0 nitrogen and oxygen atoms in total. The lowest BCUT2D eigenvalue weighted by atomic mass is 9.85. The van der Waals surface area contributed by atoms with Crippen LogP contribution < -0.4 is 0 Å². The fourth-order valence-electron chi connectivity index (χ4n) is 11.9. The number of hydrogen-bond acceptors (Lipinski definition) is 0. The molecule has 0 saturated heterocycles. The molecular formula is C64H36. The molecule has 0 amide bonds. The Morgan fingerprint density at radius 1 is 0.156 bits per heavy atom. The van der Waals surface area contributed by atoms with Gasteiger partial charge in [-0.3, -0.25) is 0 Å². The van der Waals surface area contributed by atoms with Gasteiger partial charge in [0.25, 0.3) is 0 Å². The van der Waals surface area contributed by atoms with E-state index in [4.69, 9.17) is 0 Å². The van der Waals surface area contributed by atoms with E-state index >= 15 is 0 Å². The van der Waals surface area contributed by atoms with Crippen LogP contribution in [0.15, 0.2) is 218 Å². The molecule has 0 aliphatic heterocycles. The highest BCUT2D eigenvalue weighted by Crippen LogP contribution is 2.55. The van der Waals surface area contributed by atoms with Crippen LogP contribution in [-0.4, -0.2) is 0 Å². The first-order valence-corrected chi connectivity index (χ1v) is 22.4. The third-order valence-corrected chi connectivity index (χ3v) is 14.6. The fraction of sp³-hybridized carbons (Fsp3) is 0. The van der Waals surface area contributed by atoms with Crippen molar-refractivity contribution in [2.75, 3.05) is 0 Å². The quantitative estimate of drug-likeness (QED) is 0.155. The summed E-state index contributed by atoms with van der Waals surface area (Å²) >= 11 is 0. The average molecular weight is 805 g/mol. The zero-order valence-electron chi connectivity index (χ0n) is 34.8. The summed E-state index contributed by atoms with van der Waals surface area (Å²) in [6, 6.07) is 82.3. The summed E-state index contributed by atoms with van der Waals surface area (Å²) in [5, 5.41) is 26.3. The minimum atomic E-state index is 1.23. The Balaban J connectivity index is 1.15. The van der Waals surface area contributed by atoms with Crippen LogP contribution in [0, 0.1) is 0 Å². The van der Waals surface area contributed by atoms with Gasteiger partial charge in [0.1, 0.15) is 0 Å². The van der Waals surface area contributed by atoms with Gasteiger partial charge in [-0.2, -0.15) is 0 Å². The molecule has 0 aliphatic carbocycles. The van der Waals surface area contributed by atoms with Crippen molar-refractivity contribution in [2.45, 2.75) is 0 Å². The third kappa shape index (κ3) is 4.56. The van der Waals surface area contributed by atoms with E-state index < -0.39 is 0 Å². The molecule has 15 rings (SSSR count). The largest absolute Gasteiger partial charge is 0.0622 e. The predicted octanol–water partition coefficient (Wildman–Crippen LogP) is 18.2. The highest BCUT2D eigenvalue weighted by molar-refractivity contribution is 6.45.